The summed E-state index contributed by atoms with van der Waals surface area (Å²) in [6.45, 7) is 20.7. The Balaban J connectivity index is 0. The molecule has 0 saturated carbocycles. The van der Waals surface area contributed by atoms with Crippen molar-refractivity contribution in [2.75, 3.05) is 0 Å². The van der Waals surface area contributed by atoms with Gasteiger partial charge < -0.3 is 0 Å². The zero-order chi connectivity index (χ0) is 25.0. The third-order valence-corrected chi connectivity index (χ3v) is 4.88. The molecular weight excluding hydrogens is 396 g/mol. The number of hydrogen-bond acceptors (Lipinski definition) is 0. The number of rotatable bonds is 12. The van der Waals surface area contributed by atoms with Crippen molar-refractivity contribution in [1.29, 1.82) is 0 Å². The summed E-state index contributed by atoms with van der Waals surface area (Å²) in [5, 5.41) is 0. The smallest absolute Gasteiger partial charge is 0.0263 e. The Labute approximate surface area is 206 Å². The Kier molecular flexibility index (Phi) is 27.1. The van der Waals surface area contributed by atoms with Crippen LogP contribution in [0.3, 0.4) is 0 Å². The van der Waals surface area contributed by atoms with Gasteiger partial charge in [0, 0.05) is 0 Å². The van der Waals surface area contributed by atoms with E-state index in [-0.39, 0.29) is 0 Å². The predicted molar refractivity (Wildman–Crippen MR) is 156 cm³/mol. The van der Waals surface area contributed by atoms with Crippen LogP contribution in [0.15, 0.2) is 98.6 Å². The van der Waals surface area contributed by atoms with Crippen LogP contribution in [0, 0.1) is 0 Å². The molecule has 0 aliphatic heterocycles. The highest BCUT2D eigenvalue weighted by Gasteiger charge is 1.90. The van der Waals surface area contributed by atoms with E-state index in [4.69, 9.17) is 0 Å². The molecule has 182 valence electrons. The van der Waals surface area contributed by atoms with Crippen molar-refractivity contribution in [3.8, 4) is 0 Å². The number of benzene rings is 2. The molecule has 0 fully saturated rings. The van der Waals surface area contributed by atoms with Gasteiger partial charge in [-0.25, -0.2) is 0 Å². The highest BCUT2D eigenvalue weighted by molar-refractivity contribution is 5.46. The van der Waals surface area contributed by atoms with E-state index in [2.05, 4.69) is 40.2 Å². The van der Waals surface area contributed by atoms with Crippen molar-refractivity contribution < 1.29 is 0 Å². The first kappa shape index (κ1) is 32.6. The van der Waals surface area contributed by atoms with E-state index >= 15 is 0 Å². The van der Waals surface area contributed by atoms with E-state index in [1.165, 1.54) is 75.3 Å². The highest BCUT2D eigenvalue weighted by Crippen LogP contribution is 2.10. The molecule has 0 amide bonds. The van der Waals surface area contributed by atoms with Crippen LogP contribution in [0.4, 0.5) is 0 Å². The standard InChI is InChI=1S/C12H26.2C8H8.C5H8/c1-3-5-7-9-11-12-10-8-6-4-2;2*1-2-8-6-4-3-5-7-8;1-4-5(2)3/h3-12H2,1-2H3;2*2-7H,1H2;4H,1-2H2,3H3. The van der Waals surface area contributed by atoms with Crippen molar-refractivity contribution in [2.24, 2.45) is 0 Å². The van der Waals surface area contributed by atoms with E-state index < -0.39 is 0 Å². The maximum atomic E-state index is 3.63. The minimum Gasteiger partial charge on any atom is -0.0988 e. The van der Waals surface area contributed by atoms with E-state index in [0.29, 0.717) is 0 Å². The van der Waals surface area contributed by atoms with Crippen LogP contribution in [-0.2, 0) is 0 Å². The van der Waals surface area contributed by atoms with Gasteiger partial charge in [0.2, 0.25) is 0 Å². The largest absolute Gasteiger partial charge is 0.0988 e. The molecule has 0 nitrogen and oxygen atoms in total. The van der Waals surface area contributed by atoms with Gasteiger partial charge in [0.05, 0.1) is 0 Å². The molecule has 0 aliphatic rings. The van der Waals surface area contributed by atoms with Gasteiger partial charge in [-0.2, -0.15) is 0 Å². The molecule has 0 heteroatoms. The topological polar surface area (TPSA) is 0 Å². The van der Waals surface area contributed by atoms with Gasteiger partial charge in [0.15, 0.2) is 0 Å². The van der Waals surface area contributed by atoms with Gasteiger partial charge in [-0.3, -0.25) is 0 Å². The Morgan fingerprint density at radius 3 is 1.03 bits per heavy atom. The molecule has 0 saturated heterocycles. The Bertz CT molecular complexity index is 625. The van der Waals surface area contributed by atoms with E-state index in [0.717, 1.165) is 5.57 Å². The second kappa shape index (κ2) is 27.4. The van der Waals surface area contributed by atoms with Gasteiger partial charge >= 0.3 is 0 Å². The lowest BCUT2D eigenvalue weighted by Gasteiger charge is -1.99. The normalized spacial score (nSPS) is 8.94. The fourth-order valence-electron chi connectivity index (χ4n) is 2.74. The molecule has 0 spiro atoms. The van der Waals surface area contributed by atoms with Crippen LogP contribution in [0.1, 0.15) is 96.1 Å². The summed E-state index contributed by atoms with van der Waals surface area (Å²) >= 11 is 0. The van der Waals surface area contributed by atoms with E-state index in [9.17, 15) is 0 Å². The molecule has 0 aliphatic carbocycles. The van der Waals surface area contributed by atoms with Crippen LogP contribution in [0.25, 0.3) is 12.2 Å². The first-order valence-corrected chi connectivity index (χ1v) is 12.7. The molecule has 0 radical (unpaired) electrons. The van der Waals surface area contributed by atoms with Crippen molar-refractivity contribution in [2.45, 2.75) is 85.0 Å². The SMILES string of the molecule is C=CC(=C)C.C=Cc1ccccc1.C=Cc1ccccc1.CCCCCCCCCCCC. The molecule has 0 heterocycles. The first-order valence-electron chi connectivity index (χ1n) is 12.7. The van der Waals surface area contributed by atoms with Crippen molar-refractivity contribution in [1.82, 2.24) is 0 Å². The van der Waals surface area contributed by atoms with Crippen molar-refractivity contribution in [3.05, 3.63) is 110 Å². The summed E-state index contributed by atoms with van der Waals surface area (Å²) in [5.74, 6) is 0. The van der Waals surface area contributed by atoms with Crippen molar-refractivity contribution >= 4 is 12.2 Å². The molecule has 2 aromatic rings. The summed E-state index contributed by atoms with van der Waals surface area (Å²) in [5.41, 5.74) is 3.37. The molecule has 0 atom stereocenters. The van der Waals surface area contributed by atoms with Crippen LogP contribution in [0.5, 0.6) is 0 Å². The maximum absolute atomic E-state index is 3.63. The second-order valence-corrected chi connectivity index (χ2v) is 8.11. The lowest BCUT2D eigenvalue weighted by Crippen LogP contribution is -1.80. The molecule has 0 aromatic heterocycles. The zero-order valence-electron chi connectivity index (χ0n) is 21.9. The fraction of sp³-hybridized carbons (Fsp3) is 0.394. The molecule has 0 unspecified atom stereocenters. The zero-order valence-corrected chi connectivity index (χ0v) is 21.9. The Morgan fingerprint density at radius 1 is 0.576 bits per heavy atom. The monoisotopic (exact) mass is 446 g/mol. The third-order valence-electron chi connectivity index (χ3n) is 4.88. The second-order valence-electron chi connectivity index (χ2n) is 8.11. The van der Waals surface area contributed by atoms with Crippen LogP contribution in [-0.4, -0.2) is 0 Å². The van der Waals surface area contributed by atoms with E-state index in [1.54, 1.807) is 6.08 Å². The van der Waals surface area contributed by atoms with Gasteiger partial charge in [-0.05, 0) is 18.1 Å². The van der Waals surface area contributed by atoms with Gasteiger partial charge in [-0.15, -0.1) is 0 Å². The summed E-state index contributed by atoms with van der Waals surface area (Å²) in [7, 11) is 0. The van der Waals surface area contributed by atoms with Gasteiger partial charge in [0.1, 0.15) is 0 Å². The number of allylic oxidation sites excluding steroid dienone is 2. The average molecular weight is 447 g/mol. The summed E-state index contributed by atoms with van der Waals surface area (Å²) in [4.78, 5) is 0. The molecule has 2 rings (SSSR count). The predicted octanol–water partition coefficient (Wildman–Crippen LogP) is 11.3. The van der Waals surface area contributed by atoms with Gasteiger partial charge in [-0.1, -0.05) is 189 Å². The average Bonchev–Trinajstić information content (AvgIpc) is 2.87. The highest BCUT2D eigenvalue weighted by atomic mass is 14.0. The third kappa shape index (κ3) is 27.4. The molecule has 0 bridgehead atoms. The lowest BCUT2D eigenvalue weighted by molar-refractivity contribution is 0.562. The Hall–Kier alpha value is -2.60. The first-order chi connectivity index (χ1) is 16.0. The number of hydrogen-bond donors (Lipinski definition) is 0. The van der Waals surface area contributed by atoms with Crippen LogP contribution in [0.2, 0.25) is 0 Å². The minimum absolute atomic E-state index is 1.02. The summed E-state index contributed by atoms with van der Waals surface area (Å²) < 4.78 is 0. The fourth-order valence-corrected chi connectivity index (χ4v) is 2.74. The molecule has 2 aromatic carbocycles. The van der Waals surface area contributed by atoms with Crippen molar-refractivity contribution in [3.63, 3.8) is 0 Å². The Morgan fingerprint density at radius 2 is 0.848 bits per heavy atom. The minimum atomic E-state index is 1.02. The molecule has 0 N–H and O–H groups in total. The van der Waals surface area contributed by atoms with E-state index in [1.807, 2.05) is 79.7 Å². The van der Waals surface area contributed by atoms with Gasteiger partial charge in [0.25, 0.3) is 0 Å². The summed E-state index contributed by atoms with van der Waals surface area (Å²) in [6.07, 6.45) is 19.8. The quantitative estimate of drug-likeness (QED) is 0.224. The number of unbranched alkanes of at least 4 members (excludes halogenated alkanes) is 9. The summed E-state index contributed by atoms with van der Waals surface area (Å²) in [6, 6.07) is 20.1. The molecule has 33 heavy (non-hydrogen) atoms. The van der Waals surface area contributed by atoms with Crippen LogP contribution < -0.4 is 0 Å². The maximum Gasteiger partial charge on any atom is -0.0263 e. The lowest BCUT2D eigenvalue weighted by atomic mass is 10.1. The van der Waals surface area contributed by atoms with Crippen LogP contribution >= 0.6 is 0 Å². The molecular formula is C33H50.